The van der Waals surface area contributed by atoms with E-state index in [1.54, 1.807) is 36.3 Å². The number of amides is 1. The molecule has 0 aliphatic carbocycles. The molecule has 0 spiro atoms. The van der Waals surface area contributed by atoms with Crippen LogP contribution in [0.4, 0.5) is 0 Å². The summed E-state index contributed by atoms with van der Waals surface area (Å²) < 4.78 is 16.5. The van der Waals surface area contributed by atoms with E-state index in [0.29, 0.717) is 34.5 Å². The fraction of sp³-hybridized carbons (Fsp3) is 0.214. The molecule has 184 valence electrons. The normalized spacial score (nSPS) is 14.8. The van der Waals surface area contributed by atoms with E-state index in [-0.39, 0.29) is 34.2 Å². The highest BCUT2D eigenvalue weighted by atomic mass is 35.5. The van der Waals surface area contributed by atoms with Gasteiger partial charge in [0.2, 0.25) is 5.76 Å². The summed E-state index contributed by atoms with van der Waals surface area (Å²) in [6, 6.07) is 14.9. The van der Waals surface area contributed by atoms with Crippen LogP contribution in [0.3, 0.4) is 0 Å². The number of nitrogens with zero attached hydrogens (tertiary/aromatic N) is 1. The first-order chi connectivity index (χ1) is 17.3. The number of benzene rings is 3. The Hall–Kier alpha value is -3.97. The van der Waals surface area contributed by atoms with Gasteiger partial charge in [-0.25, -0.2) is 0 Å². The first kappa shape index (κ1) is 23.8. The number of hydrogen-bond donors (Lipinski definition) is 1. The van der Waals surface area contributed by atoms with Crippen LogP contribution in [0.5, 0.6) is 17.2 Å². The standard InChI is InChI=1S/C28H24ClNO6/c1-15-12-22-19(14-20(15)29)26(32)24-25(17-6-9-21(31)23(13-17)35-3)30(28(33)27(24)36-22)11-10-16-4-7-18(34-2)8-5-16/h4-9,12-14,25,31H,10-11H2,1-3H3/t25-/m1/s1. The number of methoxy groups -OCH3 is 2. The summed E-state index contributed by atoms with van der Waals surface area (Å²) in [5, 5.41) is 10.9. The van der Waals surface area contributed by atoms with Gasteiger partial charge in [0.05, 0.1) is 31.2 Å². The molecule has 1 amide bonds. The molecule has 1 N–H and O–H groups in total. The number of phenolic OH excluding ortho intramolecular Hbond substituents is 1. The van der Waals surface area contributed by atoms with Crippen LogP contribution in [0.15, 0.2) is 63.8 Å². The van der Waals surface area contributed by atoms with E-state index in [2.05, 4.69) is 0 Å². The van der Waals surface area contributed by atoms with Crippen molar-refractivity contribution in [3.8, 4) is 17.2 Å². The molecule has 5 rings (SSSR count). The smallest absolute Gasteiger partial charge is 0.290 e. The highest BCUT2D eigenvalue weighted by Crippen LogP contribution is 2.41. The van der Waals surface area contributed by atoms with E-state index < -0.39 is 6.04 Å². The lowest BCUT2D eigenvalue weighted by molar-refractivity contribution is 0.0730. The van der Waals surface area contributed by atoms with Gasteiger partial charge < -0.3 is 23.9 Å². The van der Waals surface area contributed by atoms with Crippen LogP contribution in [-0.2, 0) is 6.42 Å². The average Bonchev–Trinajstić information content (AvgIpc) is 3.16. The maximum atomic E-state index is 13.7. The van der Waals surface area contributed by atoms with Crippen molar-refractivity contribution in [3.05, 3.63) is 97.9 Å². The number of aromatic hydroxyl groups is 1. The molecule has 0 bridgehead atoms. The van der Waals surface area contributed by atoms with Gasteiger partial charge in [0.15, 0.2) is 16.9 Å². The fourth-order valence-corrected chi connectivity index (χ4v) is 4.79. The Morgan fingerprint density at radius 3 is 2.47 bits per heavy atom. The van der Waals surface area contributed by atoms with Crippen LogP contribution in [0.1, 0.15) is 38.9 Å². The molecule has 1 aromatic heterocycles. The second kappa shape index (κ2) is 9.24. The zero-order valence-corrected chi connectivity index (χ0v) is 20.8. The van der Waals surface area contributed by atoms with Crippen LogP contribution in [0.25, 0.3) is 11.0 Å². The quantitative estimate of drug-likeness (QED) is 0.384. The van der Waals surface area contributed by atoms with E-state index in [1.165, 1.54) is 13.2 Å². The van der Waals surface area contributed by atoms with Crippen molar-refractivity contribution >= 4 is 28.5 Å². The molecule has 0 fully saturated rings. The number of hydrogen-bond acceptors (Lipinski definition) is 6. The predicted octanol–water partition coefficient (Wildman–Crippen LogP) is 5.27. The number of halogens is 1. The molecule has 0 unspecified atom stereocenters. The summed E-state index contributed by atoms with van der Waals surface area (Å²) in [4.78, 5) is 29.0. The van der Waals surface area contributed by atoms with Crippen molar-refractivity contribution in [3.63, 3.8) is 0 Å². The average molecular weight is 506 g/mol. The maximum Gasteiger partial charge on any atom is 0.290 e. The number of fused-ring (bicyclic) bond motifs is 2. The van der Waals surface area contributed by atoms with Gasteiger partial charge in [-0.05, 0) is 66.4 Å². The molecule has 0 saturated carbocycles. The highest BCUT2D eigenvalue weighted by molar-refractivity contribution is 6.32. The van der Waals surface area contributed by atoms with E-state index in [9.17, 15) is 14.7 Å². The molecule has 0 radical (unpaired) electrons. The predicted molar refractivity (Wildman–Crippen MR) is 136 cm³/mol. The van der Waals surface area contributed by atoms with Crippen LogP contribution in [-0.4, -0.2) is 36.7 Å². The molecule has 2 heterocycles. The van der Waals surface area contributed by atoms with Gasteiger partial charge in [-0.2, -0.15) is 0 Å². The number of carbonyl (C=O) groups excluding carboxylic acids is 1. The fourth-order valence-electron chi connectivity index (χ4n) is 4.62. The molecule has 7 nitrogen and oxygen atoms in total. The zero-order valence-electron chi connectivity index (χ0n) is 20.0. The number of phenols is 1. The second-order valence-corrected chi connectivity index (χ2v) is 9.11. The summed E-state index contributed by atoms with van der Waals surface area (Å²) in [5.74, 6) is 0.590. The third-order valence-electron chi connectivity index (χ3n) is 6.57. The molecular formula is C28H24ClNO6. The lowest BCUT2D eigenvalue weighted by atomic mass is 9.97. The van der Waals surface area contributed by atoms with Gasteiger partial charge in [0, 0.05) is 11.6 Å². The number of rotatable bonds is 6. The van der Waals surface area contributed by atoms with Crippen molar-refractivity contribution in [2.75, 3.05) is 20.8 Å². The van der Waals surface area contributed by atoms with Crippen molar-refractivity contribution < 1.29 is 23.8 Å². The topological polar surface area (TPSA) is 89.2 Å². The number of aryl methyl sites for hydroxylation is 1. The highest BCUT2D eigenvalue weighted by Gasteiger charge is 2.42. The first-order valence-electron chi connectivity index (χ1n) is 11.4. The van der Waals surface area contributed by atoms with Crippen LogP contribution in [0.2, 0.25) is 5.02 Å². The van der Waals surface area contributed by atoms with Crippen LogP contribution in [0, 0.1) is 6.92 Å². The van der Waals surface area contributed by atoms with Crippen LogP contribution >= 0.6 is 11.6 Å². The van der Waals surface area contributed by atoms with Crippen molar-refractivity contribution in [1.82, 2.24) is 4.90 Å². The summed E-state index contributed by atoms with van der Waals surface area (Å²) in [5.41, 5.74) is 2.62. The maximum absolute atomic E-state index is 13.7. The summed E-state index contributed by atoms with van der Waals surface area (Å²) in [7, 11) is 3.05. The Labute approximate surface area is 212 Å². The molecular weight excluding hydrogens is 482 g/mol. The Bertz CT molecular complexity index is 1540. The van der Waals surface area contributed by atoms with Crippen LogP contribution < -0.4 is 14.9 Å². The molecule has 8 heteroatoms. The van der Waals surface area contributed by atoms with E-state index >= 15 is 0 Å². The van der Waals surface area contributed by atoms with Gasteiger partial charge in [0.1, 0.15) is 11.3 Å². The van der Waals surface area contributed by atoms with Crippen molar-refractivity contribution in [2.45, 2.75) is 19.4 Å². The van der Waals surface area contributed by atoms with E-state index in [0.717, 1.165) is 16.9 Å². The molecule has 0 saturated heterocycles. The summed E-state index contributed by atoms with van der Waals surface area (Å²) >= 11 is 6.31. The van der Waals surface area contributed by atoms with Gasteiger partial charge >= 0.3 is 0 Å². The summed E-state index contributed by atoms with van der Waals surface area (Å²) in [6.07, 6.45) is 0.550. The third-order valence-corrected chi connectivity index (χ3v) is 6.97. The molecule has 3 aromatic carbocycles. The third kappa shape index (κ3) is 3.95. The largest absolute Gasteiger partial charge is 0.504 e. The second-order valence-electron chi connectivity index (χ2n) is 8.70. The lowest BCUT2D eigenvalue weighted by Gasteiger charge is -2.25. The Kier molecular flexibility index (Phi) is 6.10. The Balaban J connectivity index is 1.64. The van der Waals surface area contributed by atoms with E-state index in [4.69, 9.17) is 25.5 Å². The van der Waals surface area contributed by atoms with Gasteiger partial charge in [0.25, 0.3) is 5.91 Å². The molecule has 4 aromatic rings. The number of carbonyl (C=O) groups is 1. The number of ether oxygens (including phenoxy) is 2. The molecule has 1 aliphatic rings. The van der Waals surface area contributed by atoms with E-state index in [1.807, 2.05) is 31.2 Å². The van der Waals surface area contributed by atoms with Crippen molar-refractivity contribution in [1.29, 1.82) is 0 Å². The minimum absolute atomic E-state index is 0.0148. The SMILES string of the molecule is COc1ccc(CCN2C(=O)c3oc4cc(C)c(Cl)cc4c(=O)c3[C@H]2c2ccc(O)c(OC)c2)cc1. The van der Waals surface area contributed by atoms with Crippen molar-refractivity contribution in [2.24, 2.45) is 0 Å². The molecule has 36 heavy (non-hydrogen) atoms. The Morgan fingerprint density at radius 1 is 1.03 bits per heavy atom. The minimum atomic E-state index is -0.721. The van der Waals surface area contributed by atoms with Gasteiger partial charge in [-0.1, -0.05) is 29.8 Å². The summed E-state index contributed by atoms with van der Waals surface area (Å²) in [6.45, 7) is 2.14. The van der Waals surface area contributed by atoms with Gasteiger partial charge in [-0.15, -0.1) is 0 Å². The van der Waals surface area contributed by atoms with Gasteiger partial charge in [-0.3, -0.25) is 9.59 Å². The zero-order chi connectivity index (χ0) is 25.6. The molecule has 1 aliphatic heterocycles. The minimum Gasteiger partial charge on any atom is -0.504 e. The first-order valence-corrected chi connectivity index (χ1v) is 11.8. The molecule has 1 atom stereocenters. The lowest BCUT2D eigenvalue weighted by Crippen LogP contribution is -2.31. The monoisotopic (exact) mass is 505 g/mol. The Morgan fingerprint density at radius 2 is 1.78 bits per heavy atom.